The highest BCUT2D eigenvalue weighted by Crippen LogP contribution is 2.41. The second kappa shape index (κ2) is 7.98. The number of carbonyl (C=O) groups excluding carboxylic acids is 1. The van der Waals surface area contributed by atoms with Crippen molar-refractivity contribution in [3.63, 3.8) is 0 Å². The van der Waals surface area contributed by atoms with Crippen LogP contribution < -0.4 is 5.56 Å². The number of benzene rings is 1. The summed E-state index contributed by atoms with van der Waals surface area (Å²) in [5, 5.41) is 0. The Morgan fingerprint density at radius 1 is 1.16 bits per heavy atom. The molecule has 5 rings (SSSR count). The number of aromatic amines is 1. The van der Waals surface area contributed by atoms with E-state index in [0.29, 0.717) is 43.9 Å². The van der Waals surface area contributed by atoms with Crippen molar-refractivity contribution in [2.75, 3.05) is 19.7 Å². The summed E-state index contributed by atoms with van der Waals surface area (Å²) in [5.74, 6) is 0.469. The molecule has 4 heterocycles. The van der Waals surface area contributed by atoms with Crippen LogP contribution in [0.1, 0.15) is 45.7 Å². The molecule has 1 fully saturated rings. The standard InChI is InChI=1S/C25H26N4O3/c1-16-14-17(2)27-23(30)20(16)24(31)29-11-9-25(10-12-29)21-19(8-13-32-25)15-26-22(28-21)18-6-4-3-5-7-18/h3-7,14-15H,8-13H2,1-2H3,(H,27,30). The van der Waals surface area contributed by atoms with Crippen LogP contribution >= 0.6 is 0 Å². The Morgan fingerprint density at radius 2 is 1.91 bits per heavy atom. The third-order valence-corrected chi connectivity index (χ3v) is 6.52. The molecule has 0 radical (unpaired) electrons. The number of piperidine rings is 1. The van der Waals surface area contributed by atoms with Crippen molar-refractivity contribution in [3.8, 4) is 11.4 Å². The number of rotatable bonds is 2. The lowest BCUT2D eigenvalue weighted by Crippen LogP contribution is -2.49. The smallest absolute Gasteiger partial charge is 0.261 e. The third kappa shape index (κ3) is 3.52. The molecule has 7 heteroatoms. The van der Waals surface area contributed by atoms with E-state index in [1.165, 1.54) is 0 Å². The van der Waals surface area contributed by atoms with Crippen molar-refractivity contribution in [1.82, 2.24) is 19.9 Å². The summed E-state index contributed by atoms with van der Waals surface area (Å²) in [4.78, 5) is 39.6. The number of H-pyrrole nitrogens is 1. The highest BCUT2D eigenvalue weighted by Gasteiger charge is 2.43. The number of nitrogens with zero attached hydrogens (tertiary/aromatic N) is 3. The first-order valence-corrected chi connectivity index (χ1v) is 11.0. The van der Waals surface area contributed by atoms with Crippen LogP contribution in [0.15, 0.2) is 47.4 Å². The van der Waals surface area contributed by atoms with E-state index in [1.54, 1.807) is 4.90 Å². The van der Waals surface area contributed by atoms with E-state index in [2.05, 4.69) is 9.97 Å². The van der Waals surface area contributed by atoms with Gasteiger partial charge in [0.15, 0.2) is 5.82 Å². The van der Waals surface area contributed by atoms with E-state index in [0.717, 1.165) is 28.9 Å². The van der Waals surface area contributed by atoms with Gasteiger partial charge in [-0.25, -0.2) is 9.97 Å². The molecule has 7 nitrogen and oxygen atoms in total. The predicted octanol–water partition coefficient (Wildman–Crippen LogP) is 3.15. The van der Waals surface area contributed by atoms with Crippen LogP contribution in [0.5, 0.6) is 0 Å². The van der Waals surface area contributed by atoms with Crippen molar-refractivity contribution in [2.45, 2.75) is 38.7 Å². The summed E-state index contributed by atoms with van der Waals surface area (Å²) in [5.41, 5.74) is 3.86. The Morgan fingerprint density at radius 3 is 2.62 bits per heavy atom. The zero-order valence-electron chi connectivity index (χ0n) is 18.4. The van der Waals surface area contributed by atoms with Gasteiger partial charge in [0.05, 0.1) is 12.3 Å². The SMILES string of the molecule is Cc1cc(C)c(C(=O)N2CCC3(CC2)OCCc2cnc(-c4ccccc4)nc23)c(=O)[nH]1. The van der Waals surface area contributed by atoms with Gasteiger partial charge in [-0.3, -0.25) is 9.59 Å². The highest BCUT2D eigenvalue weighted by atomic mass is 16.5. The van der Waals surface area contributed by atoms with E-state index in [9.17, 15) is 9.59 Å². The van der Waals surface area contributed by atoms with Crippen LogP contribution in [0.2, 0.25) is 0 Å². The monoisotopic (exact) mass is 430 g/mol. The molecule has 1 aromatic carbocycles. The maximum atomic E-state index is 13.1. The van der Waals surface area contributed by atoms with Crippen LogP contribution in [0.3, 0.4) is 0 Å². The number of nitrogens with one attached hydrogen (secondary N) is 1. The van der Waals surface area contributed by atoms with Crippen molar-refractivity contribution >= 4 is 5.91 Å². The van der Waals surface area contributed by atoms with E-state index >= 15 is 0 Å². The number of hydrogen-bond acceptors (Lipinski definition) is 5. The van der Waals surface area contributed by atoms with Crippen LogP contribution in [0.4, 0.5) is 0 Å². The molecule has 0 saturated carbocycles. The Kier molecular flexibility index (Phi) is 5.13. The number of aromatic nitrogens is 3. The summed E-state index contributed by atoms with van der Waals surface area (Å²) in [6.45, 7) is 5.26. The molecule has 2 aromatic heterocycles. The quantitative estimate of drug-likeness (QED) is 0.675. The number of likely N-dealkylation sites (tertiary alicyclic amines) is 1. The van der Waals surface area contributed by atoms with E-state index < -0.39 is 5.60 Å². The minimum atomic E-state index is -0.522. The van der Waals surface area contributed by atoms with Gasteiger partial charge >= 0.3 is 0 Å². The van der Waals surface area contributed by atoms with Gasteiger partial charge in [0.25, 0.3) is 11.5 Å². The molecule has 1 amide bonds. The number of amides is 1. The average Bonchev–Trinajstić information content (AvgIpc) is 2.79. The first-order chi connectivity index (χ1) is 15.5. The van der Waals surface area contributed by atoms with Gasteiger partial charge in [-0.15, -0.1) is 0 Å². The number of fused-ring (bicyclic) bond motifs is 2. The lowest BCUT2D eigenvalue weighted by Gasteiger charge is -2.44. The largest absolute Gasteiger partial charge is 0.368 e. The fourth-order valence-corrected chi connectivity index (χ4v) is 4.86. The van der Waals surface area contributed by atoms with E-state index in [4.69, 9.17) is 9.72 Å². The molecular formula is C25H26N4O3. The number of aryl methyl sites for hydroxylation is 2. The molecule has 2 aliphatic rings. The third-order valence-electron chi connectivity index (χ3n) is 6.52. The van der Waals surface area contributed by atoms with Gasteiger partial charge in [0.1, 0.15) is 11.2 Å². The van der Waals surface area contributed by atoms with Crippen molar-refractivity contribution < 1.29 is 9.53 Å². The molecule has 2 aliphatic heterocycles. The maximum Gasteiger partial charge on any atom is 0.261 e. The second-order valence-corrected chi connectivity index (χ2v) is 8.66. The summed E-state index contributed by atoms with van der Waals surface area (Å²) in [6.07, 6.45) is 3.98. The fraction of sp³-hybridized carbons (Fsp3) is 0.360. The molecule has 1 spiro atoms. The molecular weight excluding hydrogens is 404 g/mol. The maximum absolute atomic E-state index is 13.1. The van der Waals surface area contributed by atoms with Crippen LogP contribution in [-0.4, -0.2) is 45.5 Å². The molecule has 0 aliphatic carbocycles. The van der Waals surface area contributed by atoms with Crippen LogP contribution in [0, 0.1) is 13.8 Å². The predicted molar refractivity (Wildman–Crippen MR) is 120 cm³/mol. The number of ether oxygens (including phenoxy) is 1. The summed E-state index contributed by atoms with van der Waals surface area (Å²) < 4.78 is 6.32. The zero-order valence-corrected chi connectivity index (χ0v) is 18.4. The molecule has 32 heavy (non-hydrogen) atoms. The van der Waals surface area contributed by atoms with Gasteiger partial charge in [-0.1, -0.05) is 30.3 Å². The fourth-order valence-electron chi connectivity index (χ4n) is 4.86. The average molecular weight is 431 g/mol. The summed E-state index contributed by atoms with van der Waals surface area (Å²) >= 11 is 0. The number of pyridine rings is 1. The zero-order chi connectivity index (χ0) is 22.3. The van der Waals surface area contributed by atoms with Gasteiger partial charge in [0.2, 0.25) is 0 Å². The molecule has 0 unspecified atom stereocenters. The topological polar surface area (TPSA) is 88.2 Å². The lowest BCUT2D eigenvalue weighted by atomic mass is 9.83. The molecule has 0 atom stereocenters. The van der Waals surface area contributed by atoms with E-state index in [-0.39, 0.29) is 17.0 Å². The number of hydrogen-bond donors (Lipinski definition) is 1. The first kappa shape index (κ1) is 20.6. The Balaban J connectivity index is 1.42. The lowest BCUT2D eigenvalue weighted by molar-refractivity contribution is -0.0967. The molecule has 1 N–H and O–H groups in total. The molecule has 0 bridgehead atoms. The van der Waals surface area contributed by atoms with Crippen LogP contribution in [0.25, 0.3) is 11.4 Å². The highest BCUT2D eigenvalue weighted by molar-refractivity contribution is 5.95. The van der Waals surface area contributed by atoms with Crippen molar-refractivity contribution in [3.05, 3.63) is 81.0 Å². The van der Waals surface area contributed by atoms with Crippen molar-refractivity contribution in [1.29, 1.82) is 0 Å². The Hall–Kier alpha value is -3.32. The van der Waals surface area contributed by atoms with Crippen molar-refractivity contribution in [2.24, 2.45) is 0 Å². The van der Waals surface area contributed by atoms with Gasteiger partial charge < -0.3 is 14.6 Å². The molecule has 1 saturated heterocycles. The Labute approximate surface area is 186 Å². The normalized spacial score (nSPS) is 17.2. The molecule has 3 aromatic rings. The summed E-state index contributed by atoms with van der Waals surface area (Å²) in [6, 6.07) is 11.8. The van der Waals surface area contributed by atoms with E-state index in [1.807, 2.05) is 56.4 Å². The minimum absolute atomic E-state index is 0.220. The Bertz CT molecular complexity index is 1230. The number of carbonyl (C=O) groups is 1. The second-order valence-electron chi connectivity index (χ2n) is 8.66. The molecule has 164 valence electrons. The summed E-state index contributed by atoms with van der Waals surface area (Å²) in [7, 11) is 0. The van der Waals surface area contributed by atoms with Crippen LogP contribution in [-0.2, 0) is 16.8 Å². The minimum Gasteiger partial charge on any atom is -0.368 e. The van der Waals surface area contributed by atoms with Gasteiger partial charge in [-0.05, 0) is 50.3 Å². The van der Waals surface area contributed by atoms with Gasteiger partial charge in [-0.2, -0.15) is 0 Å². The first-order valence-electron chi connectivity index (χ1n) is 11.0. The van der Waals surface area contributed by atoms with Gasteiger partial charge in [0, 0.05) is 30.5 Å².